The van der Waals surface area contributed by atoms with Crippen molar-refractivity contribution in [1.82, 2.24) is 10.6 Å². The monoisotopic (exact) mass is 328 g/mol. The van der Waals surface area contributed by atoms with E-state index in [2.05, 4.69) is 10.6 Å². The highest BCUT2D eigenvalue weighted by atomic mass is 35.5. The first kappa shape index (κ1) is 18.7. The average Bonchev–Trinajstić information content (AvgIpc) is 2.43. The van der Waals surface area contributed by atoms with Gasteiger partial charge in [0.15, 0.2) is 0 Å². The summed E-state index contributed by atoms with van der Waals surface area (Å²) in [5, 5.41) is 16.1. The van der Waals surface area contributed by atoms with E-state index in [1.807, 2.05) is 27.7 Å². The highest BCUT2D eigenvalue weighted by Crippen LogP contribution is 2.25. The van der Waals surface area contributed by atoms with Gasteiger partial charge in [0.2, 0.25) is 0 Å². The first-order chi connectivity index (χ1) is 10.2. The second kappa shape index (κ2) is 8.36. The summed E-state index contributed by atoms with van der Waals surface area (Å²) in [5.74, 6) is 0.273. The fourth-order valence-electron chi connectivity index (χ4n) is 1.69. The van der Waals surface area contributed by atoms with E-state index < -0.39 is 6.10 Å². The molecule has 1 aromatic rings. The highest BCUT2D eigenvalue weighted by Gasteiger charge is 2.14. The lowest BCUT2D eigenvalue weighted by molar-refractivity contribution is 0.0954. The molecule has 0 fully saturated rings. The van der Waals surface area contributed by atoms with Crippen molar-refractivity contribution in [2.75, 3.05) is 19.7 Å². The Kier molecular flexibility index (Phi) is 7.13. The fourth-order valence-corrected chi connectivity index (χ4v) is 1.93. The van der Waals surface area contributed by atoms with Crippen LogP contribution < -0.4 is 15.4 Å². The van der Waals surface area contributed by atoms with Gasteiger partial charge in [-0.15, -0.1) is 0 Å². The molecule has 22 heavy (non-hydrogen) atoms. The van der Waals surface area contributed by atoms with Crippen LogP contribution in [-0.4, -0.2) is 42.4 Å². The summed E-state index contributed by atoms with van der Waals surface area (Å²) in [5.41, 5.74) is 0.418. The van der Waals surface area contributed by atoms with E-state index in [9.17, 15) is 9.90 Å². The van der Waals surface area contributed by atoms with Gasteiger partial charge < -0.3 is 20.5 Å². The molecule has 1 aromatic carbocycles. The Hall–Kier alpha value is -1.30. The van der Waals surface area contributed by atoms with Gasteiger partial charge in [0, 0.05) is 24.2 Å². The van der Waals surface area contributed by atoms with Crippen molar-refractivity contribution in [3.63, 3.8) is 0 Å². The molecule has 0 aliphatic carbocycles. The lowest BCUT2D eigenvalue weighted by atomic mass is 10.1. The molecule has 0 aromatic heterocycles. The molecule has 0 aliphatic rings. The Morgan fingerprint density at radius 1 is 1.41 bits per heavy atom. The Morgan fingerprint density at radius 2 is 2.09 bits per heavy atom. The van der Waals surface area contributed by atoms with Crippen LogP contribution >= 0.6 is 11.6 Å². The van der Waals surface area contributed by atoms with Crippen LogP contribution in [0, 0.1) is 0 Å². The van der Waals surface area contributed by atoms with E-state index in [0.717, 1.165) is 0 Å². The van der Waals surface area contributed by atoms with E-state index in [-0.39, 0.29) is 18.1 Å². The third kappa shape index (κ3) is 6.64. The molecular formula is C16H25ClN2O3. The SMILES string of the molecule is CCNC(=O)c1ccc(OCC(O)CNC(C)(C)C)c(Cl)c1. The van der Waals surface area contributed by atoms with Crippen LogP contribution in [0.3, 0.4) is 0 Å². The van der Waals surface area contributed by atoms with Crippen molar-refractivity contribution >= 4 is 17.5 Å². The van der Waals surface area contributed by atoms with Crippen LogP contribution in [0.2, 0.25) is 5.02 Å². The molecule has 1 unspecified atom stereocenters. The van der Waals surface area contributed by atoms with Crippen LogP contribution in [0.15, 0.2) is 18.2 Å². The third-order valence-electron chi connectivity index (χ3n) is 2.83. The van der Waals surface area contributed by atoms with Crippen LogP contribution in [0.5, 0.6) is 5.75 Å². The summed E-state index contributed by atoms with van der Waals surface area (Å²) in [7, 11) is 0. The summed E-state index contributed by atoms with van der Waals surface area (Å²) < 4.78 is 5.50. The van der Waals surface area contributed by atoms with Gasteiger partial charge >= 0.3 is 0 Å². The zero-order valence-corrected chi connectivity index (χ0v) is 14.3. The Morgan fingerprint density at radius 3 is 2.64 bits per heavy atom. The third-order valence-corrected chi connectivity index (χ3v) is 3.13. The minimum absolute atomic E-state index is 0.0626. The number of amides is 1. The van der Waals surface area contributed by atoms with Crippen LogP contribution in [0.4, 0.5) is 0 Å². The minimum atomic E-state index is -0.640. The first-order valence-electron chi connectivity index (χ1n) is 7.36. The molecule has 1 amide bonds. The quantitative estimate of drug-likeness (QED) is 0.717. The molecule has 5 nitrogen and oxygen atoms in total. The van der Waals surface area contributed by atoms with Gasteiger partial charge in [0.05, 0.1) is 5.02 Å². The molecule has 6 heteroatoms. The number of ether oxygens (including phenoxy) is 1. The molecule has 124 valence electrons. The van der Waals surface area contributed by atoms with Gasteiger partial charge in [-0.05, 0) is 45.9 Å². The molecule has 0 heterocycles. The summed E-state index contributed by atoms with van der Waals surface area (Å²) >= 11 is 6.10. The van der Waals surface area contributed by atoms with Crippen molar-refractivity contribution in [3.8, 4) is 5.75 Å². The number of halogens is 1. The van der Waals surface area contributed by atoms with E-state index in [1.165, 1.54) is 0 Å². The molecule has 1 atom stereocenters. The number of nitrogens with one attached hydrogen (secondary N) is 2. The molecule has 0 spiro atoms. The normalized spacial score (nSPS) is 12.8. The van der Waals surface area contributed by atoms with Gasteiger partial charge in [-0.1, -0.05) is 11.6 Å². The minimum Gasteiger partial charge on any atom is -0.489 e. The van der Waals surface area contributed by atoms with Crippen molar-refractivity contribution in [1.29, 1.82) is 0 Å². The van der Waals surface area contributed by atoms with Crippen LogP contribution in [0.1, 0.15) is 38.1 Å². The molecule has 0 bridgehead atoms. The zero-order valence-electron chi connectivity index (χ0n) is 13.6. The maximum absolute atomic E-state index is 11.7. The van der Waals surface area contributed by atoms with Gasteiger partial charge in [0.25, 0.3) is 5.91 Å². The van der Waals surface area contributed by atoms with Gasteiger partial charge in [-0.25, -0.2) is 0 Å². The number of carbonyl (C=O) groups is 1. The van der Waals surface area contributed by atoms with Gasteiger partial charge in [0.1, 0.15) is 18.5 Å². The predicted molar refractivity (Wildman–Crippen MR) is 88.7 cm³/mol. The first-order valence-corrected chi connectivity index (χ1v) is 7.74. The largest absolute Gasteiger partial charge is 0.489 e. The van der Waals surface area contributed by atoms with E-state index in [1.54, 1.807) is 18.2 Å². The molecule has 0 saturated carbocycles. The number of β-amino-alcohol motifs (C(OH)–C–C–N with tert-alkyl or cyclic N) is 1. The number of hydrogen-bond acceptors (Lipinski definition) is 4. The molecule has 3 N–H and O–H groups in total. The van der Waals surface area contributed by atoms with E-state index in [4.69, 9.17) is 16.3 Å². The maximum atomic E-state index is 11.7. The average molecular weight is 329 g/mol. The van der Waals surface area contributed by atoms with Crippen molar-refractivity contribution in [2.24, 2.45) is 0 Å². The van der Waals surface area contributed by atoms with Crippen molar-refractivity contribution in [2.45, 2.75) is 39.3 Å². The second-order valence-corrected chi connectivity index (χ2v) is 6.51. The number of rotatable bonds is 7. The summed E-state index contributed by atoms with van der Waals surface area (Å²) in [4.78, 5) is 11.7. The number of carbonyl (C=O) groups excluding carboxylic acids is 1. The summed E-state index contributed by atoms with van der Waals surface area (Å²) in [6.07, 6.45) is -0.640. The lowest BCUT2D eigenvalue weighted by Gasteiger charge is -2.23. The fraction of sp³-hybridized carbons (Fsp3) is 0.562. The number of hydrogen-bond donors (Lipinski definition) is 3. The Bertz CT molecular complexity index is 501. The molecule has 0 radical (unpaired) electrons. The van der Waals surface area contributed by atoms with Crippen molar-refractivity contribution < 1.29 is 14.6 Å². The predicted octanol–water partition coefficient (Wildman–Crippen LogP) is 2.22. The zero-order chi connectivity index (χ0) is 16.8. The lowest BCUT2D eigenvalue weighted by Crippen LogP contribution is -2.42. The topological polar surface area (TPSA) is 70.6 Å². The maximum Gasteiger partial charge on any atom is 0.251 e. The number of aliphatic hydroxyl groups is 1. The Labute approximate surface area is 137 Å². The van der Waals surface area contributed by atoms with Gasteiger partial charge in [-0.3, -0.25) is 4.79 Å². The second-order valence-electron chi connectivity index (χ2n) is 6.10. The van der Waals surface area contributed by atoms with Crippen LogP contribution in [-0.2, 0) is 0 Å². The number of benzene rings is 1. The molecule has 1 rings (SSSR count). The smallest absolute Gasteiger partial charge is 0.251 e. The Balaban J connectivity index is 2.54. The standard InChI is InChI=1S/C16H25ClN2O3/c1-5-18-15(21)11-6-7-14(13(17)8-11)22-10-12(20)9-19-16(2,3)4/h6-8,12,19-20H,5,9-10H2,1-4H3,(H,18,21). The molecular weight excluding hydrogens is 304 g/mol. The van der Waals surface area contributed by atoms with E-state index in [0.29, 0.717) is 29.4 Å². The van der Waals surface area contributed by atoms with E-state index >= 15 is 0 Å². The molecule has 0 saturated heterocycles. The summed E-state index contributed by atoms with van der Waals surface area (Å²) in [6, 6.07) is 4.84. The molecule has 0 aliphatic heterocycles. The van der Waals surface area contributed by atoms with Crippen LogP contribution in [0.25, 0.3) is 0 Å². The summed E-state index contributed by atoms with van der Waals surface area (Å²) in [6.45, 7) is 9.04. The van der Waals surface area contributed by atoms with Gasteiger partial charge in [-0.2, -0.15) is 0 Å². The number of aliphatic hydroxyl groups excluding tert-OH is 1. The van der Waals surface area contributed by atoms with Crippen molar-refractivity contribution in [3.05, 3.63) is 28.8 Å². The highest BCUT2D eigenvalue weighted by molar-refractivity contribution is 6.32.